The molecule has 120 valence electrons. The molecule has 0 radical (unpaired) electrons. The summed E-state index contributed by atoms with van der Waals surface area (Å²) in [4.78, 5) is 14.5. The fourth-order valence-electron chi connectivity index (χ4n) is 2.64. The van der Waals surface area contributed by atoms with Crippen LogP contribution in [0.4, 0.5) is 5.69 Å². The van der Waals surface area contributed by atoms with Crippen molar-refractivity contribution in [2.75, 3.05) is 31.2 Å². The lowest BCUT2D eigenvalue weighted by Crippen LogP contribution is -2.36. The van der Waals surface area contributed by atoms with E-state index in [2.05, 4.69) is 29.3 Å². The predicted octanol–water partition coefficient (Wildman–Crippen LogP) is 2.76. The topological polar surface area (TPSA) is 41.6 Å². The van der Waals surface area contributed by atoms with Crippen molar-refractivity contribution in [2.24, 2.45) is 0 Å². The van der Waals surface area contributed by atoms with Gasteiger partial charge in [0.2, 0.25) is 0 Å². The van der Waals surface area contributed by atoms with E-state index in [0.717, 1.165) is 37.6 Å². The standard InChI is InChI=1S/C19H22N2O2/c1-15-2-4-16(5-3-15)14-20-19(22)17-6-8-18(9-7-17)21-10-12-23-13-11-21/h2-9H,10-14H2,1H3,(H,20,22). The number of nitrogens with one attached hydrogen (secondary N) is 1. The molecule has 2 aromatic rings. The summed E-state index contributed by atoms with van der Waals surface area (Å²) in [5.41, 5.74) is 4.16. The number of benzene rings is 2. The summed E-state index contributed by atoms with van der Waals surface area (Å²) >= 11 is 0. The molecule has 1 N–H and O–H groups in total. The van der Waals surface area contributed by atoms with Crippen LogP contribution in [0.15, 0.2) is 48.5 Å². The Kier molecular flexibility index (Phi) is 4.93. The van der Waals surface area contributed by atoms with Crippen LogP contribution < -0.4 is 10.2 Å². The van der Waals surface area contributed by atoms with Crippen molar-refractivity contribution in [3.63, 3.8) is 0 Å². The summed E-state index contributed by atoms with van der Waals surface area (Å²) < 4.78 is 5.36. The summed E-state index contributed by atoms with van der Waals surface area (Å²) in [7, 11) is 0. The van der Waals surface area contributed by atoms with E-state index < -0.39 is 0 Å². The Balaban J connectivity index is 1.57. The number of amides is 1. The molecule has 4 heteroatoms. The Bertz CT molecular complexity index is 644. The lowest BCUT2D eigenvalue weighted by Gasteiger charge is -2.28. The summed E-state index contributed by atoms with van der Waals surface area (Å²) in [6.45, 7) is 5.93. The third-order valence-corrected chi connectivity index (χ3v) is 4.08. The molecule has 0 unspecified atom stereocenters. The number of carbonyl (C=O) groups is 1. The van der Waals surface area contributed by atoms with Gasteiger partial charge < -0.3 is 15.0 Å². The SMILES string of the molecule is Cc1ccc(CNC(=O)c2ccc(N3CCOCC3)cc2)cc1. The predicted molar refractivity (Wildman–Crippen MR) is 91.8 cm³/mol. The van der Waals surface area contributed by atoms with Gasteiger partial charge in [-0.05, 0) is 36.8 Å². The van der Waals surface area contributed by atoms with Crippen molar-refractivity contribution >= 4 is 11.6 Å². The second kappa shape index (κ2) is 7.29. The Hall–Kier alpha value is -2.33. The molecule has 0 aliphatic carbocycles. The van der Waals surface area contributed by atoms with Crippen molar-refractivity contribution in [1.82, 2.24) is 5.32 Å². The minimum atomic E-state index is -0.0425. The second-order valence-corrected chi connectivity index (χ2v) is 5.81. The maximum absolute atomic E-state index is 12.2. The van der Waals surface area contributed by atoms with E-state index in [0.29, 0.717) is 12.1 Å². The Morgan fingerprint density at radius 1 is 1.04 bits per heavy atom. The quantitative estimate of drug-likeness (QED) is 0.944. The van der Waals surface area contributed by atoms with E-state index in [4.69, 9.17) is 4.74 Å². The number of hydrogen-bond donors (Lipinski definition) is 1. The highest BCUT2D eigenvalue weighted by Crippen LogP contribution is 2.16. The van der Waals surface area contributed by atoms with Crippen molar-refractivity contribution in [1.29, 1.82) is 0 Å². The first-order valence-electron chi connectivity index (χ1n) is 7.99. The number of aryl methyl sites for hydroxylation is 1. The van der Waals surface area contributed by atoms with E-state index in [9.17, 15) is 4.79 Å². The van der Waals surface area contributed by atoms with Gasteiger partial charge in [-0.3, -0.25) is 4.79 Å². The molecule has 0 atom stereocenters. The summed E-state index contributed by atoms with van der Waals surface area (Å²) in [6.07, 6.45) is 0. The van der Waals surface area contributed by atoms with Gasteiger partial charge in [-0.25, -0.2) is 0 Å². The summed E-state index contributed by atoms with van der Waals surface area (Å²) in [5, 5.41) is 2.96. The molecular weight excluding hydrogens is 288 g/mol. The molecule has 4 nitrogen and oxygen atoms in total. The summed E-state index contributed by atoms with van der Waals surface area (Å²) in [5.74, 6) is -0.0425. The average molecular weight is 310 g/mol. The molecule has 1 saturated heterocycles. The number of morpholine rings is 1. The molecule has 23 heavy (non-hydrogen) atoms. The third-order valence-electron chi connectivity index (χ3n) is 4.08. The average Bonchev–Trinajstić information content (AvgIpc) is 2.62. The van der Waals surface area contributed by atoms with E-state index in [1.807, 2.05) is 36.4 Å². The van der Waals surface area contributed by atoms with Crippen LogP contribution >= 0.6 is 0 Å². The Morgan fingerprint density at radius 2 is 1.70 bits per heavy atom. The molecule has 0 spiro atoms. The second-order valence-electron chi connectivity index (χ2n) is 5.81. The number of rotatable bonds is 4. The smallest absolute Gasteiger partial charge is 0.251 e. The zero-order valence-corrected chi connectivity index (χ0v) is 13.4. The number of carbonyl (C=O) groups excluding carboxylic acids is 1. The van der Waals surface area contributed by atoms with Crippen molar-refractivity contribution < 1.29 is 9.53 Å². The molecule has 1 fully saturated rings. The minimum absolute atomic E-state index is 0.0425. The zero-order valence-electron chi connectivity index (χ0n) is 13.4. The highest BCUT2D eigenvalue weighted by atomic mass is 16.5. The van der Waals surface area contributed by atoms with Crippen LogP contribution in [0.1, 0.15) is 21.5 Å². The first-order chi connectivity index (χ1) is 11.2. The van der Waals surface area contributed by atoms with E-state index >= 15 is 0 Å². The van der Waals surface area contributed by atoms with Crippen LogP contribution in [-0.2, 0) is 11.3 Å². The van der Waals surface area contributed by atoms with Gasteiger partial charge in [0.15, 0.2) is 0 Å². The molecule has 0 bridgehead atoms. The molecule has 1 heterocycles. The van der Waals surface area contributed by atoms with Crippen LogP contribution in [-0.4, -0.2) is 32.2 Å². The molecule has 0 saturated carbocycles. The maximum atomic E-state index is 12.2. The largest absolute Gasteiger partial charge is 0.378 e. The van der Waals surface area contributed by atoms with Gasteiger partial charge in [-0.2, -0.15) is 0 Å². The van der Waals surface area contributed by atoms with Gasteiger partial charge in [-0.1, -0.05) is 29.8 Å². The van der Waals surface area contributed by atoms with Gasteiger partial charge in [0, 0.05) is 30.9 Å². The van der Waals surface area contributed by atoms with Crippen LogP contribution in [0.3, 0.4) is 0 Å². The number of nitrogens with zero attached hydrogens (tertiary/aromatic N) is 1. The Labute approximate surface area is 137 Å². The first-order valence-corrected chi connectivity index (χ1v) is 7.99. The Morgan fingerprint density at radius 3 is 2.35 bits per heavy atom. The van der Waals surface area contributed by atoms with Gasteiger partial charge in [0.1, 0.15) is 0 Å². The van der Waals surface area contributed by atoms with Crippen LogP contribution in [0, 0.1) is 6.92 Å². The number of anilines is 1. The van der Waals surface area contributed by atoms with Crippen molar-refractivity contribution in [3.05, 3.63) is 65.2 Å². The van der Waals surface area contributed by atoms with Gasteiger partial charge >= 0.3 is 0 Å². The molecule has 1 aliphatic rings. The van der Waals surface area contributed by atoms with Crippen molar-refractivity contribution in [2.45, 2.75) is 13.5 Å². The highest BCUT2D eigenvalue weighted by Gasteiger charge is 2.12. The highest BCUT2D eigenvalue weighted by molar-refractivity contribution is 5.94. The molecular formula is C19H22N2O2. The molecule has 2 aromatic carbocycles. The third kappa shape index (κ3) is 4.11. The lowest BCUT2D eigenvalue weighted by atomic mass is 10.1. The van der Waals surface area contributed by atoms with Gasteiger partial charge in [0.05, 0.1) is 13.2 Å². The monoisotopic (exact) mass is 310 g/mol. The maximum Gasteiger partial charge on any atom is 0.251 e. The normalized spacial score (nSPS) is 14.6. The van der Waals surface area contributed by atoms with E-state index in [-0.39, 0.29) is 5.91 Å². The van der Waals surface area contributed by atoms with E-state index in [1.165, 1.54) is 5.56 Å². The van der Waals surface area contributed by atoms with Crippen LogP contribution in [0.25, 0.3) is 0 Å². The van der Waals surface area contributed by atoms with Crippen LogP contribution in [0.5, 0.6) is 0 Å². The number of hydrogen-bond acceptors (Lipinski definition) is 3. The van der Waals surface area contributed by atoms with Crippen LogP contribution in [0.2, 0.25) is 0 Å². The van der Waals surface area contributed by atoms with Crippen molar-refractivity contribution in [3.8, 4) is 0 Å². The molecule has 1 amide bonds. The molecule has 0 aromatic heterocycles. The number of ether oxygens (including phenoxy) is 1. The summed E-state index contributed by atoms with van der Waals surface area (Å²) in [6, 6.07) is 16.0. The van der Waals surface area contributed by atoms with Gasteiger partial charge in [0.25, 0.3) is 5.91 Å². The molecule has 1 aliphatic heterocycles. The van der Waals surface area contributed by atoms with Gasteiger partial charge in [-0.15, -0.1) is 0 Å². The fraction of sp³-hybridized carbons (Fsp3) is 0.316. The first kappa shape index (κ1) is 15.6. The zero-order chi connectivity index (χ0) is 16.1. The van der Waals surface area contributed by atoms with E-state index in [1.54, 1.807) is 0 Å². The molecule has 3 rings (SSSR count). The fourth-order valence-corrected chi connectivity index (χ4v) is 2.64. The lowest BCUT2D eigenvalue weighted by molar-refractivity contribution is 0.0951. The minimum Gasteiger partial charge on any atom is -0.378 e.